The third-order valence-electron chi connectivity index (χ3n) is 4.96. The van der Waals surface area contributed by atoms with E-state index in [1.807, 2.05) is 0 Å². The smallest absolute Gasteiger partial charge is 0.217 e. The summed E-state index contributed by atoms with van der Waals surface area (Å²) in [6.07, 6.45) is -2.46. The van der Waals surface area contributed by atoms with Crippen LogP contribution in [-0.2, 0) is 28.5 Å². The molecular weight excluding hydrogens is 398 g/mol. The number of hydrogen-bond donors (Lipinski definition) is 4. The highest BCUT2D eigenvalue weighted by Gasteiger charge is 2.45. The van der Waals surface area contributed by atoms with Crippen molar-refractivity contribution in [1.82, 2.24) is 5.32 Å². The molecule has 10 nitrogen and oxygen atoms in total. The number of carbonyl (C=O) groups excluding carboxylic acids is 1. The Morgan fingerprint density at radius 1 is 1.00 bits per heavy atom. The fourth-order valence-electron chi connectivity index (χ4n) is 2.87. The second-order valence-electron chi connectivity index (χ2n) is 7.44. The molecule has 0 bridgehead atoms. The minimum atomic E-state index is -1.33. The molecule has 1 fully saturated rings. The Kier molecular flexibility index (Phi) is 14.4. The molecule has 1 aliphatic heterocycles. The van der Waals surface area contributed by atoms with Crippen molar-refractivity contribution in [3.8, 4) is 0 Å². The van der Waals surface area contributed by atoms with Gasteiger partial charge in [0.25, 0.3) is 0 Å². The fraction of sp³-hybridized carbons (Fsp3) is 0.950. The van der Waals surface area contributed by atoms with Crippen molar-refractivity contribution in [3.05, 3.63) is 0 Å². The van der Waals surface area contributed by atoms with Gasteiger partial charge >= 0.3 is 0 Å². The lowest BCUT2D eigenvalue weighted by atomic mass is 9.97. The van der Waals surface area contributed by atoms with Crippen molar-refractivity contribution in [2.24, 2.45) is 5.92 Å². The largest absolute Gasteiger partial charge is 0.394 e. The van der Waals surface area contributed by atoms with Gasteiger partial charge in [-0.15, -0.1) is 0 Å². The average Bonchev–Trinajstić information content (AvgIpc) is 2.72. The molecule has 6 atom stereocenters. The van der Waals surface area contributed by atoms with Gasteiger partial charge in [-0.3, -0.25) is 4.79 Å². The van der Waals surface area contributed by atoms with Crippen LogP contribution in [-0.4, -0.2) is 105 Å². The summed E-state index contributed by atoms with van der Waals surface area (Å²) in [5.41, 5.74) is 0. The first-order valence-electron chi connectivity index (χ1n) is 10.6. The van der Waals surface area contributed by atoms with E-state index in [4.69, 9.17) is 23.7 Å². The average molecular weight is 438 g/mol. The summed E-state index contributed by atoms with van der Waals surface area (Å²) in [4.78, 5) is 11.4. The summed E-state index contributed by atoms with van der Waals surface area (Å²) in [6, 6.07) is -0.955. The van der Waals surface area contributed by atoms with Gasteiger partial charge in [0, 0.05) is 13.5 Å². The number of hydrogen-bond acceptors (Lipinski definition) is 9. The van der Waals surface area contributed by atoms with Crippen molar-refractivity contribution in [1.29, 1.82) is 0 Å². The van der Waals surface area contributed by atoms with Gasteiger partial charge in [0.1, 0.15) is 24.4 Å². The maximum absolute atomic E-state index is 11.4. The molecule has 1 saturated heterocycles. The maximum Gasteiger partial charge on any atom is 0.217 e. The molecule has 0 saturated carbocycles. The highest BCUT2D eigenvalue weighted by Crippen LogP contribution is 2.22. The SMILES string of the molecule is CCC(C)CCOCCOCCOCCOC1O[C@H](CO)[C@H](O)[C@H](O)[C@H]1NC(C)=O. The van der Waals surface area contributed by atoms with E-state index in [-0.39, 0.29) is 13.2 Å². The van der Waals surface area contributed by atoms with Gasteiger partial charge in [-0.2, -0.15) is 0 Å². The Morgan fingerprint density at radius 3 is 2.10 bits per heavy atom. The predicted octanol–water partition coefficient (Wildman–Crippen LogP) is -0.567. The van der Waals surface area contributed by atoms with Crippen LogP contribution >= 0.6 is 0 Å². The first-order chi connectivity index (χ1) is 14.4. The van der Waals surface area contributed by atoms with E-state index < -0.39 is 43.2 Å². The van der Waals surface area contributed by atoms with Crippen molar-refractivity contribution in [3.63, 3.8) is 0 Å². The molecule has 1 amide bonds. The summed E-state index contributed by atoms with van der Waals surface area (Å²) in [5.74, 6) is 0.278. The zero-order valence-corrected chi connectivity index (χ0v) is 18.3. The van der Waals surface area contributed by atoms with Gasteiger partial charge in [-0.05, 0) is 12.3 Å². The first kappa shape index (κ1) is 27.2. The summed E-state index contributed by atoms with van der Waals surface area (Å²) >= 11 is 0. The summed E-state index contributed by atoms with van der Waals surface area (Å²) < 4.78 is 27.3. The summed E-state index contributed by atoms with van der Waals surface area (Å²) in [7, 11) is 0. The zero-order valence-electron chi connectivity index (χ0n) is 18.3. The van der Waals surface area contributed by atoms with Crippen LogP contribution in [0.1, 0.15) is 33.6 Å². The lowest BCUT2D eigenvalue weighted by molar-refractivity contribution is -0.272. The minimum Gasteiger partial charge on any atom is -0.394 e. The molecule has 0 aromatic rings. The standard InChI is InChI=1S/C20H39NO9/c1-4-14(2)5-6-26-7-8-27-9-10-28-11-12-29-20-17(21-15(3)23)19(25)18(24)16(13-22)30-20/h14,16-20,22,24-25H,4-13H2,1-3H3,(H,21,23)/t14?,16-,17-,18+,19-,20?/m1/s1. The van der Waals surface area contributed by atoms with E-state index in [2.05, 4.69) is 19.2 Å². The van der Waals surface area contributed by atoms with Crippen LogP contribution in [0.4, 0.5) is 0 Å². The molecule has 30 heavy (non-hydrogen) atoms. The fourth-order valence-corrected chi connectivity index (χ4v) is 2.87. The van der Waals surface area contributed by atoms with Crippen LogP contribution < -0.4 is 5.32 Å². The number of aliphatic hydroxyl groups is 3. The highest BCUT2D eigenvalue weighted by molar-refractivity contribution is 5.73. The molecular formula is C20H39NO9. The Bertz CT molecular complexity index is 454. The molecule has 0 radical (unpaired) electrons. The molecule has 0 aliphatic carbocycles. The van der Waals surface area contributed by atoms with Gasteiger partial charge in [-0.1, -0.05) is 20.3 Å². The van der Waals surface area contributed by atoms with Gasteiger partial charge in [0.15, 0.2) is 6.29 Å². The van der Waals surface area contributed by atoms with Crippen LogP contribution in [0.15, 0.2) is 0 Å². The lowest BCUT2D eigenvalue weighted by Crippen LogP contribution is -2.64. The molecule has 1 rings (SSSR count). The molecule has 1 heterocycles. The monoisotopic (exact) mass is 437 g/mol. The van der Waals surface area contributed by atoms with Gasteiger partial charge < -0.3 is 44.3 Å². The second kappa shape index (κ2) is 15.9. The Morgan fingerprint density at radius 2 is 1.57 bits per heavy atom. The third-order valence-corrected chi connectivity index (χ3v) is 4.96. The van der Waals surface area contributed by atoms with Crippen molar-refractivity contribution in [2.45, 2.75) is 64.3 Å². The number of nitrogens with one attached hydrogen (secondary N) is 1. The van der Waals surface area contributed by atoms with Crippen molar-refractivity contribution >= 4 is 5.91 Å². The van der Waals surface area contributed by atoms with E-state index in [0.717, 1.165) is 19.4 Å². The Hall–Kier alpha value is -0.850. The Balaban J connectivity index is 2.13. The van der Waals surface area contributed by atoms with Gasteiger partial charge in [-0.25, -0.2) is 0 Å². The third kappa shape index (κ3) is 10.5. The molecule has 178 valence electrons. The molecule has 4 N–H and O–H groups in total. The second-order valence-corrected chi connectivity index (χ2v) is 7.44. The van der Waals surface area contributed by atoms with Crippen LogP contribution in [0.5, 0.6) is 0 Å². The van der Waals surface area contributed by atoms with E-state index in [9.17, 15) is 20.1 Å². The zero-order chi connectivity index (χ0) is 22.4. The number of ether oxygens (including phenoxy) is 5. The minimum absolute atomic E-state index is 0.139. The summed E-state index contributed by atoms with van der Waals surface area (Å²) in [6.45, 7) is 8.20. The number of carbonyl (C=O) groups is 1. The number of aliphatic hydroxyl groups excluding tert-OH is 3. The molecule has 2 unspecified atom stereocenters. The van der Waals surface area contributed by atoms with E-state index in [1.165, 1.54) is 6.92 Å². The molecule has 0 spiro atoms. The lowest BCUT2D eigenvalue weighted by Gasteiger charge is -2.42. The van der Waals surface area contributed by atoms with Gasteiger partial charge in [0.05, 0.1) is 46.2 Å². The summed E-state index contributed by atoms with van der Waals surface area (Å²) in [5, 5.41) is 31.9. The van der Waals surface area contributed by atoms with Crippen LogP contribution in [0.25, 0.3) is 0 Å². The number of rotatable bonds is 16. The van der Waals surface area contributed by atoms with E-state index in [0.29, 0.717) is 32.3 Å². The van der Waals surface area contributed by atoms with Crippen LogP contribution in [0, 0.1) is 5.92 Å². The van der Waals surface area contributed by atoms with Crippen LogP contribution in [0.2, 0.25) is 0 Å². The maximum atomic E-state index is 11.4. The quantitative estimate of drug-likeness (QED) is 0.234. The number of amides is 1. The molecule has 0 aromatic heterocycles. The van der Waals surface area contributed by atoms with Gasteiger partial charge in [0.2, 0.25) is 5.91 Å². The van der Waals surface area contributed by atoms with E-state index in [1.54, 1.807) is 0 Å². The predicted molar refractivity (Wildman–Crippen MR) is 108 cm³/mol. The van der Waals surface area contributed by atoms with Crippen molar-refractivity contribution < 1.29 is 43.8 Å². The molecule has 0 aromatic carbocycles. The van der Waals surface area contributed by atoms with Crippen molar-refractivity contribution in [2.75, 3.05) is 52.9 Å². The van der Waals surface area contributed by atoms with E-state index >= 15 is 0 Å². The topological polar surface area (TPSA) is 136 Å². The normalized spacial score (nSPS) is 27.7. The van der Waals surface area contributed by atoms with Crippen LogP contribution in [0.3, 0.4) is 0 Å². The highest BCUT2D eigenvalue weighted by atomic mass is 16.7. The molecule has 1 aliphatic rings. The Labute approximate surface area is 178 Å². The first-order valence-corrected chi connectivity index (χ1v) is 10.6. The molecule has 10 heteroatoms.